The quantitative estimate of drug-likeness (QED) is 0.198. The summed E-state index contributed by atoms with van der Waals surface area (Å²) in [4.78, 5) is 37.2. The van der Waals surface area contributed by atoms with Crippen LogP contribution in [0.5, 0.6) is 5.75 Å². The lowest BCUT2D eigenvalue weighted by Crippen LogP contribution is -2.35. The van der Waals surface area contributed by atoms with Gasteiger partial charge in [-0.2, -0.15) is 0 Å². The van der Waals surface area contributed by atoms with E-state index in [1.165, 1.54) is 23.5 Å². The normalized spacial score (nSPS) is 14.6. The number of carboxylic acids is 1. The molecule has 1 atom stereocenters. The predicted octanol–water partition coefficient (Wildman–Crippen LogP) is 6.43. The van der Waals surface area contributed by atoms with Crippen LogP contribution in [0.15, 0.2) is 71.6 Å². The molecule has 1 unspecified atom stereocenters. The Hall–Kier alpha value is -4.66. The van der Waals surface area contributed by atoms with Crippen LogP contribution in [0, 0.1) is 0 Å². The molecule has 1 aliphatic rings. The van der Waals surface area contributed by atoms with Gasteiger partial charge in [-0.1, -0.05) is 43.5 Å². The van der Waals surface area contributed by atoms with Crippen LogP contribution in [0.3, 0.4) is 0 Å². The molecule has 1 saturated carbocycles. The van der Waals surface area contributed by atoms with Gasteiger partial charge in [0.1, 0.15) is 10.6 Å². The van der Waals surface area contributed by atoms with Crippen LogP contribution >= 0.6 is 0 Å². The third kappa shape index (κ3) is 9.91. The molecule has 3 amide bonds. The third-order valence-corrected chi connectivity index (χ3v) is 8.73. The highest BCUT2D eigenvalue weighted by molar-refractivity contribution is 7.90. The lowest BCUT2D eigenvalue weighted by Gasteiger charge is -2.26. The first-order chi connectivity index (χ1) is 22.1. The molecule has 252 valence electrons. The lowest BCUT2D eigenvalue weighted by atomic mass is 9.84. The van der Waals surface area contributed by atoms with Gasteiger partial charge in [0.2, 0.25) is 6.17 Å². The Morgan fingerprint density at radius 1 is 0.979 bits per heavy atom. The number of rotatable bonds is 11. The molecule has 0 radical (unpaired) electrons. The average molecular weight is 680 g/mol. The van der Waals surface area contributed by atoms with E-state index >= 15 is 0 Å². The number of nitrogens with one attached hydrogen (secondary N) is 2. The maximum atomic E-state index is 13.7. The Bertz CT molecular complexity index is 1690. The summed E-state index contributed by atoms with van der Waals surface area (Å²) in [5.41, 5.74) is 2.15. The van der Waals surface area contributed by atoms with Crippen molar-refractivity contribution < 1.29 is 50.2 Å². The third-order valence-electron chi connectivity index (χ3n) is 7.61. The summed E-state index contributed by atoms with van der Waals surface area (Å²) in [5.74, 6) is -2.95. The topological polar surface area (TPSA) is 142 Å². The number of halogens is 4. The van der Waals surface area contributed by atoms with Crippen LogP contribution in [0.1, 0.15) is 59.5 Å². The van der Waals surface area contributed by atoms with Crippen molar-refractivity contribution in [2.45, 2.75) is 62.0 Å². The zero-order valence-corrected chi connectivity index (χ0v) is 26.0. The van der Waals surface area contributed by atoms with E-state index < -0.39 is 57.5 Å². The molecule has 0 bridgehead atoms. The van der Waals surface area contributed by atoms with Gasteiger partial charge >= 0.3 is 18.4 Å². The molecule has 4 rings (SSSR count). The first-order valence-electron chi connectivity index (χ1n) is 14.6. The molecule has 3 aromatic rings. The van der Waals surface area contributed by atoms with Crippen molar-refractivity contribution >= 4 is 39.1 Å². The molecule has 0 heterocycles. The summed E-state index contributed by atoms with van der Waals surface area (Å²) in [6.07, 6.45) is -1.14. The van der Waals surface area contributed by atoms with E-state index in [2.05, 4.69) is 15.4 Å². The molecule has 0 aliphatic heterocycles. The van der Waals surface area contributed by atoms with Crippen molar-refractivity contribution in [2.24, 2.45) is 0 Å². The summed E-state index contributed by atoms with van der Waals surface area (Å²) in [6, 6.07) is 15.3. The Kier molecular flexibility index (Phi) is 11.1. The van der Waals surface area contributed by atoms with Crippen LogP contribution in [0.2, 0.25) is 0 Å². The molecule has 3 aromatic carbocycles. The Labute approximate surface area is 268 Å². The maximum Gasteiger partial charge on any atom is 0.573 e. The number of hydrogen-bond acceptors (Lipinski definition) is 6. The van der Waals surface area contributed by atoms with E-state index in [9.17, 15) is 40.4 Å². The summed E-state index contributed by atoms with van der Waals surface area (Å²) < 4.78 is 80.4. The number of carbonyl (C=O) groups is 3. The molecule has 3 N–H and O–H groups in total. The number of ether oxygens (including phenoxy) is 1. The minimum Gasteiger partial charge on any atom is -0.479 e. The number of carboxylic acid groups (broad SMARTS) is 1. The Morgan fingerprint density at radius 2 is 1.62 bits per heavy atom. The summed E-state index contributed by atoms with van der Waals surface area (Å²) >= 11 is 0. The Balaban J connectivity index is 1.59. The second-order valence-electron chi connectivity index (χ2n) is 11.1. The number of anilines is 2. The van der Waals surface area contributed by atoms with Gasteiger partial charge in [0.05, 0.1) is 13.1 Å². The minimum atomic E-state index is -5.14. The first-order valence-corrected chi connectivity index (χ1v) is 16.5. The van der Waals surface area contributed by atoms with E-state index in [4.69, 9.17) is 5.11 Å². The first kappa shape index (κ1) is 35.2. The van der Waals surface area contributed by atoms with Gasteiger partial charge in [0.15, 0.2) is 9.84 Å². The zero-order valence-electron chi connectivity index (χ0n) is 25.2. The number of benzene rings is 3. The highest BCUT2D eigenvalue weighted by atomic mass is 32.2. The number of amides is 3. The van der Waals surface area contributed by atoms with Gasteiger partial charge in [0.25, 0.3) is 5.91 Å². The number of aliphatic carboxylic acids is 1. The van der Waals surface area contributed by atoms with Crippen LogP contribution < -0.4 is 20.3 Å². The van der Waals surface area contributed by atoms with Crippen molar-refractivity contribution in [2.75, 3.05) is 23.0 Å². The number of sulfone groups is 1. The van der Waals surface area contributed by atoms with Crippen molar-refractivity contribution in [3.8, 4) is 5.75 Å². The molecular weight excluding hydrogens is 646 g/mol. The lowest BCUT2D eigenvalue weighted by molar-refractivity contribution is -0.275. The van der Waals surface area contributed by atoms with Crippen molar-refractivity contribution in [3.63, 3.8) is 0 Å². The largest absolute Gasteiger partial charge is 0.573 e. The molecule has 47 heavy (non-hydrogen) atoms. The number of hydrogen-bond donors (Lipinski definition) is 3. The predicted molar refractivity (Wildman–Crippen MR) is 165 cm³/mol. The second-order valence-corrected chi connectivity index (χ2v) is 13.1. The molecule has 0 spiro atoms. The monoisotopic (exact) mass is 679 g/mol. The minimum absolute atomic E-state index is 0.0454. The van der Waals surface area contributed by atoms with E-state index in [-0.39, 0.29) is 17.8 Å². The zero-order chi connectivity index (χ0) is 34.4. The van der Waals surface area contributed by atoms with Crippen molar-refractivity contribution in [1.82, 2.24) is 5.32 Å². The van der Waals surface area contributed by atoms with Crippen LogP contribution in [0.4, 0.5) is 33.7 Å². The molecule has 0 aromatic heterocycles. The van der Waals surface area contributed by atoms with Crippen LogP contribution in [-0.2, 0) is 21.2 Å². The average Bonchev–Trinajstić information content (AvgIpc) is 3.02. The fourth-order valence-electron chi connectivity index (χ4n) is 5.23. The summed E-state index contributed by atoms with van der Waals surface area (Å²) in [5, 5.41) is 13.4. The van der Waals surface area contributed by atoms with Crippen molar-refractivity contribution in [3.05, 3.63) is 83.4 Å². The van der Waals surface area contributed by atoms with Crippen LogP contribution in [-0.4, -0.2) is 56.8 Å². The van der Waals surface area contributed by atoms with Crippen LogP contribution in [0.25, 0.3) is 0 Å². The summed E-state index contributed by atoms with van der Waals surface area (Å²) in [7, 11) is -4.20. The van der Waals surface area contributed by atoms with Crippen molar-refractivity contribution in [1.29, 1.82) is 0 Å². The van der Waals surface area contributed by atoms with Gasteiger partial charge in [-0.3, -0.25) is 9.69 Å². The molecule has 1 fully saturated rings. The number of alkyl halides is 4. The number of urea groups is 1. The summed E-state index contributed by atoms with van der Waals surface area (Å²) in [6.45, 7) is -0.763. The maximum absolute atomic E-state index is 13.7. The van der Waals surface area contributed by atoms with E-state index in [1.807, 2.05) is 12.1 Å². The SMILES string of the molecule is CS(=O)(=O)c1cc(NC(=O)N(Cc2ccc(C(=O)NCC(F)C(=O)O)cc2)c2ccc(C3CCCCC3)cc2)ccc1OC(F)(F)F. The van der Waals surface area contributed by atoms with E-state index in [0.29, 0.717) is 23.4 Å². The van der Waals surface area contributed by atoms with Gasteiger partial charge in [-0.25, -0.2) is 22.4 Å². The molecule has 10 nitrogen and oxygen atoms in total. The number of carbonyl (C=O) groups excluding carboxylic acids is 2. The number of nitrogens with zero attached hydrogens (tertiary/aromatic N) is 1. The highest BCUT2D eigenvalue weighted by Gasteiger charge is 2.33. The fraction of sp³-hybridized carbons (Fsp3) is 0.344. The standard InChI is InChI=1S/C32H33F4N3O7S/c1-47(44,45)28-17-24(13-16-27(28)46-32(34,35)36)38-31(43)39(25-14-11-22(12-15-25)21-5-3-2-4-6-21)19-20-7-9-23(10-8-20)29(40)37-18-26(33)30(41)42/h7-17,21,26H,2-6,18-19H2,1H3,(H,37,40)(H,38,43)(H,41,42). The molecular formula is C32H33F4N3O7S. The van der Waals surface area contributed by atoms with E-state index in [1.54, 1.807) is 24.3 Å². The second kappa shape index (κ2) is 14.8. The Morgan fingerprint density at radius 3 is 2.19 bits per heavy atom. The van der Waals surface area contributed by atoms with Gasteiger partial charge < -0.3 is 20.5 Å². The van der Waals surface area contributed by atoms with Gasteiger partial charge in [-0.05, 0) is 72.4 Å². The highest BCUT2D eigenvalue weighted by Crippen LogP contribution is 2.35. The fourth-order valence-corrected chi connectivity index (χ4v) is 6.05. The van der Waals surface area contributed by atoms with Gasteiger partial charge in [-0.15, -0.1) is 13.2 Å². The molecule has 0 saturated heterocycles. The van der Waals surface area contributed by atoms with Gasteiger partial charge in [0, 0.05) is 23.2 Å². The van der Waals surface area contributed by atoms with E-state index in [0.717, 1.165) is 49.4 Å². The molecule has 15 heteroatoms. The molecule has 1 aliphatic carbocycles. The smallest absolute Gasteiger partial charge is 0.479 e.